The SMILES string of the molecule is CCCCC1(C)CSc2cc(OC)c(Br)cc2N(c2ccccc2)C1.CCCCC1(C)CSc2cc(OC)c(I)cc2N(c2ccccc2)C1. The second-order valence-electron chi connectivity index (χ2n) is 14.2. The molecule has 0 spiro atoms. The maximum absolute atomic E-state index is 5.57. The van der Waals surface area contributed by atoms with E-state index >= 15 is 0 Å². The van der Waals surface area contributed by atoms with Crippen molar-refractivity contribution in [3.63, 3.8) is 0 Å². The third kappa shape index (κ3) is 9.69. The van der Waals surface area contributed by atoms with Gasteiger partial charge >= 0.3 is 0 Å². The van der Waals surface area contributed by atoms with Crippen molar-refractivity contribution in [2.24, 2.45) is 10.8 Å². The van der Waals surface area contributed by atoms with E-state index in [1.807, 2.05) is 23.5 Å². The predicted molar refractivity (Wildman–Crippen MR) is 230 cm³/mol. The van der Waals surface area contributed by atoms with Crippen LogP contribution in [-0.4, -0.2) is 38.8 Å². The topological polar surface area (TPSA) is 24.9 Å². The lowest BCUT2D eigenvalue weighted by molar-refractivity contribution is 0.343. The highest BCUT2D eigenvalue weighted by molar-refractivity contribution is 14.1. The van der Waals surface area contributed by atoms with Gasteiger partial charge in [-0.2, -0.15) is 0 Å². The van der Waals surface area contributed by atoms with E-state index < -0.39 is 0 Å². The van der Waals surface area contributed by atoms with Crippen molar-refractivity contribution < 1.29 is 9.47 Å². The predicted octanol–water partition coefficient (Wildman–Crippen LogP) is 13.6. The number of ether oxygens (including phenoxy) is 2. The van der Waals surface area contributed by atoms with Gasteiger partial charge in [0.15, 0.2) is 0 Å². The summed E-state index contributed by atoms with van der Waals surface area (Å²) in [7, 11) is 3.49. The zero-order valence-electron chi connectivity index (χ0n) is 30.4. The molecule has 50 heavy (non-hydrogen) atoms. The molecule has 6 rings (SSSR count). The maximum Gasteiger partial charge on any atom is 0.134 e. The summed E-state index contributed by atoms with van der Waals surface area (Å²) in [6, 6.07) is 30.4. The van der Waals surface area contributed by atoms with Crippen molar-refractivity contribution >= 4 is 84.8 Å². The molecule has 4 nitrogen and oxygen atoms in total. The lowest BCUT2D eigenvalue weighted by atomic mass is 9.86. The Morgan fingerprint density at radius 3 is 1.56 bits per heavy atom. The number of rotatable bonds is 10. The molecule has 268 valence electrons. The molecule has 0 radical (unpaired) electrons. The van der Waals surface area contributed by atoms with Crippen LogP contribution in [0.4, 0.5) is 22.7 Å². The Hall–Kier alpha value is -2.01. The molecule has 0 fully saturated rings. The molecule has 0 bridgehead atoms. The zero-order chi connectivity index (χ0) is 35.7. The fourth-order valence-electron chi connectivity index (χ4n) is 6.73. The van der Waals surface area contributed by atoms with Gasteiger partial charge in [-0.15, -0.1) is 23.5 Å². The van der Waals surface area contributed by atoms with Crippen molar-refractivity contribution in [3.05, 3.63) is 93.0 Å². The van der Waals surface area contributed by atoms with Gasteiger partial charge in [-0.25, -0.2) is 0 Å². The molecule has 0 aliphatic carbocycles. The number of anilines is 4. The largest absolute Gasteiger partial charge is 0.496 e. The Kier molecular flexibility index (Phi) is 14.2. The first-order valence-electron chi connectivity index (χ1n) is 17.8. The summed E-state index contributed by atoms with van der Waals surface area (Å²) in [5.41, 5.74) is 5.69. The van der Waals surface area contributed by atoms with Gasteiger partial charge in [0.25, 0.3) is 0 Å². The van der Waals surface area contributed by atoms with Gasteiger partial charge in [0.1, 0.15) is 11.5 Å². The number of thioether (sulfide) groups is 2. The molecular formula is C42H52BrIN2O2S2. The van der Waals surface area contributed by atoms with Crippen molar-refractivity contribution in [1.29, 1.82) is 0 Å². The first kappa shape index (κ1) is 39.2. The summed E-state index contributed by atoms with van der Waals surface area (Å²) in [6.07, 6.45) is 7.59. The number of methoxy groups -OCH3 is 2. The minimum atomic E-state index is 0.287. The minimum Gasteiger partial charge on any atom is -0.496 e. The van der Waals surface area contributed by atoms with Crippen LogP contribution in [0.1, 0.15) is 66.2 Å². The second-order valence-corrected chi connectivity index (χ2v) is 18.2. The Morgan fingerprint density at radius 2 is 1.12 bits per heavy atom. The molecule has 2 unspecified atom stereocenters. The van der Waals surface area contributed by atoms with E-state index in [1.54, 1.807) is 14.2 Å². The Labute approximate surface area is 331 Å². The highest BCUT2D eigenvalue weighted by atomic mass is 127. The molecule has 2 aliphatic heterocycles. The molecule has 2 aliphatic rings. The van der Waals surface area contributed by atoms with Crippen LogP contribution in [0.2, 0.25) is 0 Å². The molecule has 0 N–H and O–H groups in total. The molecule has 0 aromatic heterocycles. The van der Waals surface area contributed by atoms with E-state index in [0.717, 1.165) is 44.1 Å². The number of para-hydroxylation sites is 2. The van der Waals surface area contributed by atoms with Crippen LogP contribution in [0.25, 0.3) is 0 Å². The molecular weight excluding hydrogens is 835 g/mol. The van der Waals surface area contributed by atoms with Crippen LogP contribution in [-0.2, 0) is 0 Å². The fourth-order valence-corrected chi connectivity index (χ4v) is 10.4. The molecule has 0 amide bonds. The first-order chi connectivity index (χ1) is 24.1. The molecule has 0 saturated heterocycles. The van der Waals surface area contributed by atoms with E-state index in [2.05, 4.69) is 161 Å². The van der Waals surface area contributed by atoms with Crippen LogP contribution in [0.5, 0.6) is 11.5 Å². The van der Waals surface area contributed by atoms with Gasteiger partial charge in [-0.05, 0) is 111 Å². The van der Waals surface area contributed by atoms with Gasteiger partial charge in [0.05, 0.1) is 33.6 Å². The summed E-state index contributed by atoms with van der Waals surface area (Å²) < 4.78 is 13.3. The molecule has 0 saturated carbocycles. The summed E-state index contributed by atoms with van der Waals surface area (Å²) in [5, 5.41) is 0. The van der Waals surface area contributed by atoms with Crippen LogP contribution in [0, 0.1) is 14.4 Å². The molecule has 4 aromatic rings. The summed E-state index contributed by atoms with van der Waals surface area (Å²) in [4.78, 5) is 7.60. The van der Waals surface area contributed by atoms with Crippen molar-refractivity contribution in [2.75, 3.05) is 48.6 Å². The minimum absolute atomic E-state index is 0.287. The van der Waals surface area contributed by atoms with E-state index in [9.17, 15) is 0 Å². The smallest absolute Gasteiger partial charge is 0.134 e. The van der Waals surface area contributed by atoms with Crippen LogP contribution in [0.3, 0.4) is 0 Å². The molecule has 2 atom stereocenters. The number of fused-ring (bicyclic) bond motifs is 2. The number of halogens is 2. The molecule has 4 aromatic carbocycles. The highest BCUT2D eigenvalue weighted by Gasteiger charge is 2.34. The monoisotopic (exact) mass is 886 g/mol. The number of hydrogen-bond donors (Lipinski definition) is 0. The van der Waals surface area contributed by atoms with Crippen LogP contribution >= 0.6 is 62.0 Å². The van der Waals surface area contributed by atoms with E-state index in [4.69, 9.17) is 9.47 Å². The Balaban J connectivity index is 0.000000194. The second kappa shape index (κ2) is 18.2. The number of nitrogens with zero attached hydrogens (tertiary/aromatic N) is 2. The van der Waals surface area contributed by atoms with Crippen molar-refractivity contribution in [1.82, 2.24) is 0 Å². The van der Waals surface area contributed by atoms with Gasteiger partial charge in [-0.1, -0.05) is 89.8 Å². The third-order valence-electron chi connectivity index (χ3n) is 9.68. The normalized spacial score (nSPS) is 20.1. The third-order valence-corrected chi connectivity index (χ3v) is 14.1. The average molecular weight is 888 g/mol. The maximum atomic E-state index is 5.57. The highest BCUT2D eigenvalue weighted by Crippen LogP contribution is 2.49. The van der Waals surface area contributed by atoms with Gasteiger partial charge < -0.3 is 19.3 Å². The number of benzene rings is 4. The Bertz CT molecular complexity index is 1570. The fraction of sp³-hybridized carbons (Fsp3) is 0.429. The Morgan fingerprint density at radius 1 is 0.680 bits per heavy atom. The van der Waals surface area contributed by atoms with Crippen LogP contribution < -0.4 is 19.3 Å². The van der Waals surface area contributed by atoms with E-state index in [1.165, 1.54) is 71.1 Å². The standard InChI is InChI=1S/C21H26BrNOS.C21H26INOS/c2*1-4-5-11-21(2)14-23(16-9-7-6-8-10-16)18-12-17(22)19(24-3)13-20(18)25-15-21/h2*6-10,12-13H,4-5,11,14-15H2,1-3H3. The van der Waals surface area contributed by atoms with Crippen molar-refractivity contribution in [2.45, 2.75) is 76.0 Å². The number of hydrogen-bond acceptors (Lipinski definition) is 6. The summed E-state index contributed by atoms with van der Waals surface area (Å²) in [6.45, 7) is 11.5. The van der Waals surface area contributed by atoms with Crippen molar-refractivity contribution in [3.8, 4) is 11.5 Å². The lowest BCUT2D eigenvalue weighted by Crippen LogP contribution is -2.33. The zero-order valence-corrected chi connectivity index (χ0v) is 35.8. The molecule has 2 heterocycles. The molecule has 8 heteroatoms. The van der Waals surface area contributed by atoms with E-state index in [-0.39, 0.29) is 5.41 Å². The van der Waals surface area contributed by atoms with E-state index in [0.29, 0.717) is 5.41 Å². The average Bonchev–Trinajstić information content (AvgIpc) is 3.37. The van der Waals surface area contributed by atoms with Gasteiger partial charge in [0.2, 0.25) is 0 Å². The summed E-state index contributed by atoms with van der Waals surface area (Å²) >= 11 is 9.99. The first-order valence-corrected chi connectivity index (χ1v) is 21.6. The summed E-state index contributed by atoms with van der Waals surface area (Å²) in [5.74, 6) is 4.15. The van der Waals surface area contributed by atoms with Gasteiger partial charge in [-0.3, -0.25) is 0 Å². The quantitative estimate of drug-likeness (QED) is 0.147. The van der Waals surface area contributed by atoms with Gasteiger partial charge in [0, 0.05) is 45.8 Å². The van der Waals surface area contributed by atoms with Crippen LogP contribution in [0.15, 0.2) is 99.2 Å². The number of unbranched alkanes of at least 4 members (excludes halogenated alkanes) is 2. The lowest BCUT2D eigenvalue weighted by Gasteiger charge is -2.34.